The molecule has 0 atom stereocenters. The first-order valence-electron chi connectivity index (χ1n) is 6.73. The molecule has 3 rings (SSSR count). The number of hydrogen-bond acceptors (Lipinski definition) is 2. The molecule has 1 spiro atoms. The molecule has 1 saturated heterocycles. The van der Waals surface area contributed by atoms with Gasteiger partial charge in [-0.2, -0.15) is 0 Å². The standard InChI is InChI=1S/C14H18F2O2/c15-12-3-1-2-11(13(12)16)10-4-6-14(7-5-10)17-8-9-18-14/h2,10H,1,3-9H2. The molecule has 1 saturated carbocycles. The molecular weight excluding hydrogens is 238 g/mol. The van der Waals surface area contributed by atoms with Crippen molar-refractivity contribution in [3.63, 3.8) is 0 Å². The van der Waals surface area contributed by atoms with E-state index >= 15 is 0 Å². The topological polar surface area (TPSA) is 18.5 Å². The van der Waals surface area contributed by atoms with Crippen LogP contribution < -0.4 is 0 Å². The Kier molecular flexibility index (Phi) is 3.24. The molecule has 0 aromatic carbocycles. The molecule has 0 bridgehead atoms. The Morgan fingerprint density at radius 3 is 2.44 bits per heavy atom. The second-order valence-electron chi connectivity index (χ2n) is 5.30. The lowest BCUT2D eigenvalue weighted by Crippen LogP contribution is -2.35. The number of halogens is 2. The highest BCUT2D eigenvalue weighted by Gasteiger charge is 2.41. The predicted molar refractivity (Wildman–Crippen MR) is 63.2 cm³/mol. The number of rotatable bonds is 1. The van der Waals surface area contributed by atoms with Gasteiger partial charge in [0, 0.05) is 19.3 Å². The first-order chi connectivity index (χ1) is 8.70. The fourth-order valence-corrected chi connectivity index (χ4v) is 3.21. The van der Waals surface area contributed by atoms with Gasteiger partial charge >= 0.3 is 0 Å². The van der Waals surface area contributed by atoms with Gasteiger partial charge in [-0.1, -0.05) is 6.08 Å². The van der Waals surface area contributed by atoms with Crippen molar-refractivity contribution in [2.45, 2.75) is 44.3 Å². The molecule has 3 aliphatic rings. The van der Waals surface area contributed by atoms with Crippen LogP contribution in [0.2, 0.25) is 0 Å². The molecule has 0 aromatic rings. The predicted octanol–water partition coefficient (Wildman–Crippen LogP) is 3.79. The van der Waals surface area contributed by atoms with Gasteiger partial charge in [-0.3, -0.25) is 0 Å². The third-order valence-electron chi connectivity index (χ3n) is 4.22. The van der Waals surface area contributed by atoms with Gasteiger partial charge in [0.2, 0.25) is 0 Å². The van der Waals surface area contributed by atoms with Crippen LogP contribution in [0.3, 0.4) is 0 Å². The van der Waals surface area contributed by atoms with Gasteiger partial charge in [-0.05, 0) is 30.8 Å². The Morgan fingerprint density at radius 2 is 1.78 bits per heavy atom. The quantitative estimate of drug-likeness (QED) is 0.710. The van der Waals surface area contributed by atoms with Crippen LogP contribution in [0.15, 0.2) is 23.3 Å². The van der Waals surface area contributed by atoms with E-state index in [1.54, 1.807) is 0 Å². The van der Waals surface area contributed by atoms with E-state index in [2.05, 4.69) is 0 Å². The maximum atomic E-state index is 13.8. The number of allylic oxidation sites excluding steroid dienone is 4. The van der Waals surface area contributed by atoms with E-state index in [0.717, 1.165) is 25.7 Å². The molecule has 2 nitrogen and oxygen atoms in total. The fourth-order valence-electron chi connectivity index (χ4n) is 3.21. The van der Waals surface area contributed by atoms with Crippen molar-refractivity contribution in [1.29, 1.82) is 0 Å². The minimum absolute atomic E-state index is 0.120. The summed E-state index contributed by atoms with van der Waals surface area (Å²) in [5, 5.41) is 0. The normalized spacial score (nSPS) is 28.9. The zero-order valence-corrected chi connectivity index (χ0v) is 10.4. The van der Waals surface area contributed by atoms with Crippen LogP contribution in [0.1, 0.15) is 38.5 Å². The molecule has 0 radical (unpaired) electrons. The maximum Gasteiger partial charge on any atom is 0.168 e. The molecule has 4 heteroatoms. The summed E-state index contributed by atoms with van der Waals surface area (Å²) < 4.78 is 38.3. The summed E-state index contributed by atoms with van der Waals surface area (Å²) in [6.45, 7) is 1.30. The van der Waals surface area contributed by atoms with Crippen molar-refractivity contribution >= 4 is 0 Å². The Hall–Kier alpha value is -0.740. The average Bonchev–Trinajstić information content (AvgIpc) is 2.83. The maximum absolute atomic E-state index is 13.8. The van der Waals surface area contributed by atoms with E-state index in [0.29, 0.717) is 25.2 Å². The first kappa shape index (κ1) is 12.3. The van der Waals surface area contributed by atoms with E-state index in [-0.39, 0.29) is 12.3 Å². The minimum atomic E-state index is -0.615. The van der Waals surface area contributed by atoms with Crippen LogP contribution >= 0.6 is 0 Å². The Balaban J connectivity index is 1.68. The van der Waals surface area contributed by atoms with Crippen molar-refractivity contribution in [3.05, 3.63) is 23.3 Å². The van der Waals surface area contributed by atoms with Crippen molar-refractivity contribution in [3.8, 4) is 0 Å². The van der Waals surface area contributed by atoms with E-state index < -0.39 is 17.4 Å². The molecule has 18 heavy (non-hydrogen) atoms. The summed E-state index contributed by atoms with van der Waals surface area (Å²) in [5.41, 5.74) is 0.576. The van der Waals surface area contributed by atoms with Crippen molar-refractivity contribution in [1.82, 2.24) is 0 Å². The molecule has 2 fully saturated rings. The summed E-state index contributed by atoms with van der Waals surface area (Å²) in [6, 6.07) is 0. The van der Waals surface area contributed by atoms with Crippen LogP contribution in [0, 0.1) is 5.92 Å². The second-order valence-corrected chi connectivity index (χ2v) is 5.30. The summed E-state index contributed by atoms with van der Waals surface area (Å²) in [6.07, 6.45) is 5.87. The Bertz CT molecular complexity index is 385. The zero-order valence-electron chi connectivity index (χ0n) is 10.4. The van der Waals surface area contributed by atoms with E-state index in [9.17, 15) is 8.78 Å². The summed E-state index contributed by atoms with van der Waals surface area (Å²) in [7, 11) is 0. The van der Waals surface area contributed by atoms with Crippen LogP contribution in [-0.4, -0.2) is 19.0 Å². The molecule has 0 unspecified atom stereocenters. The summed E-state index contributed by atoms with van der Waals surface area (Å²) in [5.74, 6) is -1.50. The first-order valence-corrected chi connectivity index (χ1v) is 6.73. The van der Waals surface area contributed by atoms with Gasteiger partial charge in [-0.25, -0.2) is 8.78 Å². The second kappa shape index (κ2) is 4.74. The van der Waals surface area contributed by atoms with Crippen LogP contribution in [-0.2, 0) is 9.47 Å². The molecule has 1 heterocycles. The molecule has 0 N–H and O–H groups in total. The lowest BCUT2D eigenvalue weighted by molar-refractivity contribution is -0.180. The smallest absolute Gasteiger partial charge is 0.168 e. The van der Waals surface area contributed by atoms with Crippen LogP contribution in [0.4, 0.5) is 8.78 Å². The SMILES string of the molecule is FC1=C(F)C(C2CCC3(CC2)OCCO3)=CCC1. The van der Waals surface area contributed by atoms with Crippen LogP contribution in [0.5, 0.6) is 0 Å². The summed E-state index contributed by atoms with van der Waals surface area (Å²) >= 11 is 0. The average molecular weight is 256 g/mol. The monoisotopic (exact) mass is 256 g/mol. The third kappa shape index (κ3) is 2.12. The molecule has 2 aliphatic carbocycles. The molecule has 1 aliphatic heterocycles. The minimum Gasteiger partial charge on any atom is -0.348 e. The number of ether oxygens (including phenoxy) is 2. The molecule has 0 amide bonds. The highest BCUT2D eigenvalue weighted by Crippen LogP contribution is 2.44. The molecule has 0 aromatic heterocycles. The van der Waals surface area contributed by atoms with Crippen molar-refractivity contribution in [2.24, 2.45) is 5.92 Å². The zero-order chi connectivity index (χ0) is 12.6. The Morgan fingerprint density at radius 1 is 1.11 bits per heavy atom. The van der Waals surface area contributed by atoms with Gasteiger partial charge < -0.3 is 9.47 Å². The van der Waals surface area contributed by atoms with Gasteiger partial charge in [0.1, 0.15) is 5.83 Å². The van der Waals surface area contributed by atoms with Gasteiger partial charge in [0.05, 0.1) is 13.2 Å². The molecule has 100 valence electrons. The van der Waals surface area contributed by atoms with Gasteiger partial charge in [-0.15, -0.1) is 0 Å². The van der Waals surface area contributed by atoms with E-state index in [1.807, 2.05) is 6.08 Å². The van der Waals surface area contributed by atoms with Crippen molar-refractivity contribution in [2.75, 3.05) is 13.2 Å². The molecular formula is C14H18F2O2. The highest BCUT2D eigenvalue weighted by molar-refractivity contribution is 5.33. The van der Waals surface area contributed by atoms with E-state index in [1.165, 1.54) is 0 Å². The van der Waals surface area contributed by atoms with Gasteiger partial charge in [0.15, 0.2) is 11.6 Å². The van der Waals surface area contributed by atoms with Crippen molar-refractivity contribution < 1.29 is 18.3 Å². The largest absolute Gasteiger partial charge is 0.348 e. The fraction of sp³-hybridized carbons (Fsp3) is 0.714. The van der Waals surface area contributed by atoms with Crippen LogP contribution in [0.25, 0.3) is 0 Å². The Labute approximate surface area is 106 Å². The number of hydrogen-bond donors (Lipinski definition) is 0. The van der Waals surface area contributed by atoms with Gasteiger partial charge in [0.25, 0.3) is 0 Å². The third-order valence-corrected chi connectivity index (χ3v) is 4.22. The highest BCUT2D eigenvalue weighted by atomic mass is 19.2. The van der Waals surface area contributed by atoms with E-state index in [4.69, 9.17) is 9.47 Å². The summed E-state index contributed by atoms with van der Waals surface area (Å²) in [4.78, 5) is 0. The lowest BCUT2D eigenvalue weighted by Gasteiger charge is -2.36. The lowest BCUT2D eigenvalue weighted by atomic mass is 9.79.